The summed E-state index contributed by atoms with van der Waals surface area (Å²) >= 11 is 1.49. The van der Waals surface area contributed by atoms with Crippen LogP contribution in [0.5, 0.6) is 0 Å². The van der Waals surface area contributed by atoms with Crippen LogP contribution >= 0.6 is 36.2 Å². The highest BCUT2D eigenvalue weighted by Gasteiger charge is 2.21. The fourth-order valence-corrected chi connectivity index (χ4v) is 3.67. The number of nitrogens with zero attached hydrogens (tertiary/aromatic N) is 2. The lowest BCUT2D eigenvalue weighted by Crippen LogP contribution is -2.45. The van der Waals surface area contributed by atoms with Crippen LogP contribution in [0, 0.1) is 0 Å². The average molecular weight is 413 g/mol. The number of nitrogens with two attached hydrogens (primary N) is 1. The number of hydrogen-bond acceptors (Lipinski definition) is 6. The van der Waals surface area contributed by atoms with Crippen LogP contribution in [0.2, 0.25) is 0 Å². The Labute approximate surface area is 166 Å². The maximum atomic E-state index is 12.0. The monoisotopic (exact) mass is 412 g/mol. The van der Waals surface area contributed by atoms with Gasteiger partial charge in [0.15, 0.2) is 0 Å². The van der Waals surface area contributed by atoms with Gasteiger partial charge in [0.25, 0.3) is 5.91 Å². The first-order chi connectivity index (χ1) is 11.1. The van der Waals surface area contributed by atoms with Gasteiger partial charge in [-0.15, -0.1) is 36.2 Å². The van der Waals surface area contributed by atoms with Gasteiger partial charge in [-0.25, -0.2) is 4.98 Å². The minimum Gasteiger partial charge on any atom is -0.373 e. The smallest absolute Gasteiger partial charge is 0.270 e. The average Bonchev–Trinajstić information content (AvgIpc) is 2.95. The van der Waals surface area contributed by atoms with E-state index in [1.807, 2.05) is 0 Å². The molecule has 0 saturated carbocycles. The van der Waals surface area contributed by atoms with Crippen LogP contribution < -0.4 is 11.1 Å². The van der Waals surface area contributed by atoms with E-state index >= 15 is 0 Å². The number of rotatable bonds is 8. The van der Waals surface area contributed by atoms with Gasteiger partial charge in [0.1, 0.15) is 5.69 Å². The quantitative estimate of drug-likeness (QED) is 0.638. The van der Waals surface area contributed by atoms with Crippen LogP contribution in [0.25, 0.3) is 0 Å². The van der Waals surface area contributed by atoms with Crippen molar-refractivity contribution in [2.75, 3.05) is 32.7 Å². The van der Waals surface area contributed by atoms with Gasteiger partial charge in [-0.2, -0.15) is 0 Å². The standard InChI is InChI=1S/C16H28N4O2S.2ClH/c1-12-9-20(10-13(2)22-12)8-4-3-7-18-16(21)14-11-23-15(19-14)5-6-17;;/h11-13H,3-10,17H2,1-2H3,(H,18,21);2*1H. The zero-order valence-electron chi connectivity index (χ0n) is 14.9. The summed E-state index contributed by atoms with van der Waals surface area (Å²) < 4.78 is 5.73. The normalized spacial score (nSPS) is 20.4. The summed E-state index contributed by atoms with van der Waals surface area (Å²) in [5.41, 5.74) is 6.00. The Morgan fingerprint density at radius 1 is 1.36 bits per heavy atom. The van der Waals surface area contributed by atoms with E-state index in [-0.39, 0.29) is 30.7 Å². The number of hydrogen-bond donors (Lipinski definition) is 2. The van der Waals surface area contributed by atoms with E-state index < -0.39 is 0 Å². The van der Waals surface area contributed by atoms with Crippen molar-refractivity contribution < 1.29 is 9.53 Å². The summed E-state index contributed by atoms with van der Waals surface area (Å²) in [7, 11) is 0. The fraction of sp³-hybridized carbons (Fsp3) is 0.750. The second-order valence-corrected chi connectivity index (χ2v) is 7.09. The summed E-state index contributed by atoms with van der Waals surface area (Å²) in [4.78, 5) is 18.7. The molecule has 9 heteroatoms. The van der Waals surface area contributed by atoms with Gasteiger partial charge in [0.05, 0.1) is 17.2 Å². The predicted molar refractivity (Wildman–Crippen MR) is 107 cm³/mol. The molecule has 0 radical (unpaired) electrons. The van der Waals surface area contributed by atoms with Gasteiger partial charge >= 0.3 is 0 Å². The van der Waals surface area contributed by atoms with Gasteiger partial charge in [-0.05, 0) is 39.8 Å². The molecule has 0 aliphatic carbocycles. The van der Waals surface area contributed by atoms with Crippen LogP contribution in [0.15, 0.2) is 5.38 Å². The maximum Gasteiger partial charge on any atom is 0.270 e. The van der Waals surface area contributed by atoms with E-state index in [1.54, 1.807) is 5.38 Å². The van der Waals surface area contributed by atoms with Crippen LogP contribution in [0.3, 0.4) is 0 Å². The highest BCUT2D eigenvalue weighted by Crippen LogP contribution is 2.11. The van der Waals surface area contributed by atoms with Crippen molar-refractivity contribution in [2.24, 2.45) is 5.73 Å². The molecule has 0 aromatic carbocycles. The molecular formula is C16H30Cl2N4O2S. The molecule has 1 aromatic rings. The van der Waals surface area contributed by atoms with Gasteiger partial charge in [0, 0.05) is 31.4 Å². The van der Waals surface area contributed by atoms with E-state index in [2.05, 4.69) is 29.0 Å². The Kier molecular flexibility index (Phi) is 12.6. The summed E-state index contributed by atoms with van der Waals surface area (Å²) in [6.07, 6.45) is 3.41. The minimum atomic E-state index is -0.0851. The molecule has 0 spiro atoms. The number of ether oxygens (including phenoxy) is 1. The van der Waals surface area contributed by atoms with Crippen molar-refractivity contribution in [3.63, 3.8) is 0 Å². The summed E-state index contributed by atoms with van der Waals surface area (Å²) in [5.74, 6) is -0.0851. The van der Waals surface area contributed by atoms with Gasteiger partial charge in [-0.3, -0.25) is 9.69 Å². The van der Waals surface area contributed by atoms with E-state index in [9.17, 15) is 4.79 Å². The summed E-state index contributed by atoms with van der Waals surface area (Å²) in [6, 6.07) is 0. The lowest BCUT2D eigenvalue weighted by atomic mass is 10.2. The third kappa shape index (κ3) is 8.66. The lowest BCUT2D eigenvalue weighted by molar-refractivity contribution is -0.0681. The molecule has 1 aliphatic rings. The molecule has 6 nitrogen and oxygen atoms in total. The molecule has 1 saturated heterocycles. The Morgan fingerprint density at radius 3 is 2.68 bits per heavy atom. The van der Waals surface area contributed by atoms with Crippen molar-refractivity contribution in [3.05, 3.63) is 16.1 Å². The second-order valence-electron chi connectivity index (χ2n) is 6.15. The third-order valence-corrected chi connectivity index (χ3v) is 4.73. The number of amides is 1. The number of morpholine rings is 1. The Bertz CT molecular complexity index is 494. The first-order valence-corrected chi connectivity index (χ1v) is 9.27. The van der Waals surface area contributed by atoms with Crippen molar-refractivity contribution in [1.82, 2.24) is 15.2 Å². The number of halogens is 2. The third-order valence-electron chi connectivity index (χ3n) is 3.82. The maximum absolute atomic E-state index is 12.0. The molecule has 0 bridgehead atoms. The molecular weight excluding hydrogens is 383 g/mol. The molecule has 1 fully saturated rings. The SMILES string of the molecule is CC1CN(CCCCNC(=O)c2csc(CCN)n2)CC(C)O1.Cl.Cl. The largest absolute Gasteiger partial charge is 0.373 e. The fourth-order valence-electron chi connectivity index (χ4n) is 2.87. The number of nitrogens with one attached hydrogen (secondary N) is 1. The van der Waals surface area contributed by atoms with Crippen molar-refractivity contribution >= 4 is 42.1 Å². The zero-order chi connectivity index (χ0) is 16.7. The van der Waals surface area contributed by atoms with Crippen molar-refractivity contribution in [3.8, 4) is 0 Å². The summed E-state index contributed by atoms with van der Waals surface area (Å²) in [6.45, 7) is 8.56. The van der Waals surface area contributed by atoms with Crippen LogP contribution in [0.1, 0.15) is 42.2 Å². The van der Waals surface area contributed by atoms with E-state index in [1.165, 1.54) is 11.3 Å². The zero-order valence-corrected chi connectivity index (χ0v) is 17.4. The van der Waals surface area contributed by atoms with Crippen LogP contribution in [-0.2, 0) is 11.2 Å². The lowest BCUT2D eigenvalue weighted by Gasteiger charge is -2.35. The Morgan fingerprint density at radius 2 is 2.04 bits per heavy atom. The van der Waals surface area contributed by atoms with Crippen molar-refractivity contribution in [1.29, 1.82) is 0 Å². The predicted octanol–water partition coefficient (Wildman–Crippen LogP) is 2.11. The second kappa shape index (κ2) is 12.8. The van der Waals surface area contributed by atoms with Gasteiger partial charge < -0.3 is 15.8 Å². The molecule has 25 heavy (non-hydrogen) atoms. The number of aromatic nitrogens is 1. The van der Waals surface area contributed by atoms with Gasteiger partial charge in [0.2, 0.25) is 0 Å². The molecule has 2 heterocycles. The molecule has 2 atom stereocenters. The van der Waals surface area contributed by atoms with Gasteiger partial charge in [-0.1, -0.05) is 0 Å². The molecule has 1 aromatic heterocycles. The highest BCUT2D eigenvalue weighted by molar-refractivity contribution is 7.09. The molecule has 1 aliphatic heterocycles. The first-order valence-electron chi connectivity index (χ1n) is 8.39. The molecule has 1 amide bonds. The summed E-state index contributed by atoms with van der Waals surface area (Å²) in [5, 5.41) is 5.67. The van der Waals surface area contributed by atoms with E-state index in [0.717, 1.165) is 43.9 Å². The van der Waals surface area contributed by atoms with E-state index in [0.29, 0.717) is 31.0 Å². The Hall–Kier alpha value is -0.440. The highest BCUT2D eigenvalue weighted by atomic mass is 35.5. The van der Waals surface area contributed by atoms with Crippen LogP contribution in [0.4, 0.5) is 0 Å². The number of carbonyl (C=O) groups excluding carboxylic acids is 1. The number of unbranched alkanes of at least 4 members (excludes halogenated alkanes) is 1. The number of carbonyl (C=O) groups is 1. The number of thiazole rings is 1. The first kappa shape index (κ1) is 24.6. The molecule has 2 rings (SSSR count). The molecule has 2 unspecified atom stereocenters. The molecule has 3 N–H and O–H groups in total. The Balaban J connectivity index is 0.00000288. The van der Waals surface area contributed by atoms with E-state index in [4.69, 9.17) is 10.5 Å². The van der Waals surface area contributed by atoms with Crippen LogP contribution in [-0.4, -0.2) is 60.7 Å². The topological polar surface area (TPSA) is 80.5 Å². The molecule has 146 valence electrons. The van der Waals surface area contributed by atoms with Crippen molar-refractivity contribution in [2.45, 2.75) is 45.3 Å². The minimum absolute atomic E-state index is 0.